The van der Waals surface area contributed by atoms with Crippen LogP contribution in [0.2, 0.25) is 0 Å². The summed E-state index contributed by atoms with van der Waals surface area (Å²) >= 11 is 0. The molecule has 150 valence electrons. The molecule has 4 rings (SSSR count). The van der Waals surface area contributed by atoms with Crippen molar-refractivity contribution >= 4 is 20.7 Å². The zero-order valence-electron chi connectivity index (χ0n) is 15.4. The smallest absolute Gasteiger partial charge is 0.151 e. The number of nitriles is 1. The van der Waals surface area contributed by atoms with Gasteiger partial charge in [-0.1, -0.05) is 6.07 Å². The van der Waals surface area contributed by atoms with Gasteiger partial charge in [0.15, 0.2) is 9.84 Å². The molecule has 1 fully saturated rings. The number of rotatable bonds is 5. The van der Waals surface area contributed by atoms with Crippen molar-refractivity contribution in [3.8, 4) is 6.07 Å². The van der Waals surface area contributed by atoms with Crippen molar-refractivity contribution in [2.75, 3.05) is 6.26 Å². The van der Waals surface area contributed by atoms with E-state index in [2.05, 4.69) is 11.1 Å². The Balaban J connectivity index is 1.91. The molecule has 0 bridgehead atoms. The van der Waals surface area contributed by atoms with Crippen LogP contribution in [-0.2, 0) is 15.6 Å². The van der Waals surface area contributed by atoms with Crippen molar-refractivity contribution in [2.45, 2.75) is 18.1 Å². The van der Waals surface area contributed by atoms with Gasteiger partial charge in [-0.2, -0.15) is 5.26 Å². The highest BCUT2D eigenvalue weighted by molar-refractivity contribution is 7.89. The van der Waals surface area contributed by atoms with Gasteiger partial charge in [-0.25, -0.2) is 21.6 Å². The summed E-state index contributed by atoms with van der Waals surface area (Å²) in [5, 5.41) is 9.71. The minimum Gasteiger partial charge on any atom is -0.361 e. The van der Waals surface area contributed by atoms with E-state index in [0.29, 0.717) is 22.9 Å². The summed E-state index contributed by atoms with van der Waals surface area (Å²) in [6, 6.07) is 7.89. The minimum atomic E-state index is -3.41. The van der Waals surface area contributed by atoms with Crippen LogP contribution in [0, 0.1) is 40.6 Å². The normalized spacial score (nSPS) is 19.8. The highest BCUT2D eigenvalue weighted by Gasteiger charge is 2.46. The summed E-state index contributed by atoms with van der Waals surface area (Å²) in [7, 11) is -3.41. The largest absolute Gasteiger partial charge is 0.361 e. The van der Waals surface area contributed by atoms with Gasteiger partial charge in [0, 0.05) is 29.8 Å². The predicted octanol–water partition coefficient (Wildman–Crippen LogP) is 4.42. The third-order valence-corrected chi connectivity index (χ3v) is 6.19. The number of nitrogens with one attached hydrogen (secondary N) is 1. The second-order valence-electron chi connectivity index (χ2n) is 7.58. The molecule has 29 heavy (non-hydrogen) atoms. The zero-order chi connectivity index (χ0) is 20.9. The SMILES string of the molecule is CS(=O)(=O)Cc1cc(F)cc2c(C(c3ccc(F)cc3F)C3CC3C#N)c[nH]c12. The molecule has 1 saturated carbocycles. The topological polar surface area (TPSA) is 73.7 Å². The molecule has 1 N–H and O–H groups in total. The molecule has 0 amide bonds. The second kappa shape index (κ2) is 6.92. The number of aromatic amines is 1. The molecule has 3 unspecified atom stereocenters. The number of benzene rings is 2. The fraction of sp³-hybridized carbons (Fsp3) is 0.286. The van der Waals surface area contributed by atoms with Gasteiger partial charge in [0.05, 0.1) is 23.3 Å². The Hall–Kier alpha value is -2.79. The van der Waals surface area contributed by atoms with Gasteiger partial charge < -0.3 is 4.98 Å². The molecule has 0 aliphatic heterocycles. The number of sulfone groups is 1. The van der Waals surface area contributed by atoms with E-state index in [9.17, 15) is 26.9 Å². The van der Waals surface area contributed by atoms with Crippen LogP contribution in [0.1, 0.15) is 29.0 Å². The molecule has 0 spiro atoms. The van der Waals surface area contributed by atoms with E-state index in [4.69, 9.17) is 0 Å². The van der Waals surface area contributed by atoms with Crippen molar-refractivity contribution < 1.29 is 21.6 Å². The van der Waals surface area contributed by atoms with E-state index in [0.717, 1.165) is 24.5 Å². The molecular formula is C21H17F3N2O2S. The predicted molar refractivity (Wildman–Crippen MR) is 102 cm³/mol. The molecule has 1 aliphatic carbocycles. The maximum Gasteiger partial charge on any atom is 0.151 e. The van der Waals surface area contributed by atoms with Crippen LogP contribution in [0.5, 0.6) is 0 Å². The fourth-order valence-electron chi connectivity index (χ4n) is 4.06. The molecule has 3 atom stereocenters. The lowest BCUT2D eigenvalue weighted by Gasteiger charge is -2.18. The van der Waals surface area contributed by atoms with Crippen molar-refractivity contribution in [3.05, 3.63) is 70.7 Å². The monoisotopic (exact) mass is 418 g/mol. The maximum absolute atomic E-state index is 14.6. The molecule has 1 heterocycles. The van der Waals surface area contributed by atoms with E-state index < -0.39 is 33.2 Å². The lowest BCUT2D eigenvalue weighted by Crippen LogP contribution is -2.08. The van der Waals surface area contributed by atoms with Crippen molar-refractivity contribution in [3.63, 3.8) is 0 Å². The molecule has 3 aromatic rings. The molecule has 0 saturated heterocycles. The second-order valence-corrected chi connectivity index (χ2v) is 9.72. The minimum absolute atomic E-state index is 0.194. The van der Waals surface area contributed by atoms with Crippen LogP contribution in [0.4, 0.5) is 13.2 Å². The highest BCUT2D eigenvalue weighted by Crippen LogP contribution is 2.53. The molecule has 0 radical (unpaired) electrons. The maximum atomic E-state index is 14.6. The average Bonchev–Trinajstić information content (AvgIpc) is 3.27. The standard InChI is InChI=1S/C21H17F3N2O2S/c1-29(27,28)10-12-4-14(23)6-17-18(9-26-21(12)17)20(16-5-11(16)8-25)15-3-2-13(22)7-19(15)24/h2-4,6-7,9,11,16,20,26H,5,10H2,1H3. The molecule has 8 heteroatoms. The number of hydrogen-bond donors (Lipinski definition) is 1. The Morgan fingerprint density at radius 1 is 1.17 bits per heavy atom. The highest BCUT2D eigenvalue weighted by atomic mass is 32.2. The third kappa shape index (κ3) is 3.75. The van der Waals surface area contributed by atoms with Crippen LogP contribution in [0.25, 0.3) is 10.9 Å². The number of fused-ring (bicyclic) bond motifs is 1. The molecule has 4 nitrogen and oxygen atoms in total. The lowest BCUT2D eigenvalue weighted by atomic mass is 9.85. The fourth-order valence-corrected chi connectivity index (χ4v) is 4.85. The van der Waals surface area contributed by atoms with Crippen LogP contribution < -0.4 is 0 Å². The van der Waals surface area contributed by atoms with Crippen molar-refractivity contribution in [1.82, 2.24) is 4.98 Å². The molecule has 2 aromatic carbocycles. The summed E-state index contributed by atoms with van der Waals surface area (Å²) in [5.41, 5.74) is 1.51. The first-order chi connectivity index (χ1) is 13.7. The van der Waals surface area contributed by atoms with Crippen molar-refractivity contribution in [1.29, 1.82) is 5.26 Å². The van der Waals surface area contributed by atoms with E-state index in [1.165, 1.54) is 12.1 Å². The van der Waals surface area contributed by atoms with Gasteiger partial charge in [-0.15, -0.1) is 0 Å². The van der Waals surface area contributed by atoms with Gasteiger partial charge >= 0.3 is 0 Å². The zero-order valence-corrected chi connectivity index (χ0v) is 16.2. The Morgan fingerprint density at radius 3 is 2.55 bits per heavy atom. The quantitative estimate of drug-likeness (QED) is 0.667. The molecular weight excluding hydrogens is 401 g/mol. The average molecular weight is 418 g/mol. The van der Waals surface area contributed by atoms with E-state index in [1.54, 1.807) is 6.20 Å². The van der Waals surface area contributed by atoms with Crippen LogP contribution in [0.15, 0.2) is 36.5 Å². The third-order valence-electron chi connectivity index (χ3n) is 5.35. The van der Waals surface area contributed by atoms with E-state index >= 15 is 0 Å². The summed E-state index contributed by atoms with van der Waals surface area (Å²) in [6.07, 6.45) is 3.21. The first-order valence-electron chi connectivity index (χ1n) is 8.99. The Bertz CT molecular complexity index is 1260. The Labute approximate surface area is 165 Å². The van der Waals surface area contributed by atoms with Crippen LogP contribution in [0.3, 0.4) is 0 Å². The first kappa shape index (κ1) is 19.5. The first-order valence-corrected chi connectivity index (χ1v) is 11.1. The Morgan fingerprint density at radius 2 is 1.93 bits per heavy atom. The van der Waals surface area contributed by atoms with Crippen LogP contribution >= 0.6 is 0 Å². The number of H-pyrrole nitrogens is 1. The summed E-state index contributed by atoms with van der Waals surface area (Å²) in [6.45, 7) is 0. The van der Waals surface area contributed by atoms with Crippen LogP contribution in [-0.4, -0.2) is 19.7 Å². The number of aromatic nitrogens is 1. The van der Waals surface area contributed by atoms with Gasteiger partial charge in [-0.3, -0.25) is 0 Å². The van der Waals surface area contributed by atoms with Gasteiger partial charge in [0.25, 0.3) is 0 Å². The van der Waals surface area contributed by atoms with Gasteiger partial charge in [0.2, 0.25) is 0 Å². The summed E-state index contributed by atoms with van der Waals surface area (Å²) in [4.78, 5) is 2.99. The summed E-state index contributed by atoms with van der Waals surface area (Å²) < 4.78 is 65.8. The number of halogens is 3. The molecule has 1 aromatic heterocycles. The van der Waals surface area contributed by atoms with Gasteiger partial charge in [0.1, 0.15) is 17.5 Å². The number of hydrogen-bond acceptors (Lipinski definition) is 3. The van der Waals surface area contributed by atoms with E-state index in [1.807, 2.05) is 0 Å². The van der Waals surface area contributed by atoms with Gasteiger partial charge in [-0.05, 0) is 47.2 Å². The number of nitrogens with zero attached hydrogens (tertiary/aromatic N) is 1. The van der Waals surface area contributed by atoms with E-state index in [-0.39, 0.29) is 28.7 Å². The van der Waals surface area contributed by atoms with Crippen molar-refractivity contribution in [2.24, 2.45) is 11.8 Å². The molecule has 1 aliphatic rings. The lowest BCUT2D eigenvalue weighted by molar-refractivity contribution is 0.551. The summed E-state index contributed by atoms with van der Waals surface area (Å²) in [5.74, 6) is -3.45. The Kier molecular flexibility index (Phi) is 4.66.